The van der Waals surface area contributed by atoms with Gasteiger partial charge in [-0.1, -0.05) is 24.3 Å². The van der Waals surface area contributed by atoms with Crippen LogP contribution in [0, 0.1) is 6.92 Å². The Morgan fingerprint density at radius 3 is 2.04 bits per heavy atom. The van der Waals surface area contributed by atoms with Gasteiger partial charge in [-0.3, -0.25) is 0 Å². The van der Waals surface area contributed by atoms with Gasteiger partial charge in [0, 0.05) is 25.4 Å². The number of hydrogen-bond acceptors (Lipinski definition) is 5. The molecule has 25 heavy (non-hydrogen) atoms. The number of methoxy groups -OCH3 is 2. The van der Waals surface area contributed by atoms with Crippen molar-refractivity contribution in [2.24, 2.45) is 0 Å². The van der Waals surface area contributed by atoms with Crippen LogP contribution in [-0.2, 0) is 0 Å². The Morgan fingerprint density at radius 2 is 1.40 bits per heavy atom. The largest absolute Gasteiger partial charge is 0.495 e. The normalized spacial score (nSPS) is 13.7. The summed E-state index contributed by atoms with van der Waals surface area (Å²) in [7, 11) is 3.48. The molecular formula is C20H18O2S3. The van der Waals surface area contributed by atoms with Gasteiger partial charge in [0.05, 0.1) is 24.0 Å². The predicted octanol–water partition coefficient (Wildman–Crippen LogP) is 6.74. The van der Waals surface area contributed by atoms with Crippen LogP contribution in [-0.4, -0.2) is 14.2 Å². The van der Waals surface area contributed by atoms with Gasteiger partial charge in [-0.2, -0.15) is 0 Å². The SMILES string of the molecule is COc1cc(C)sc1-c1ccc(-c2sc(C3C=CC=C3)cc2OC)s1. The molecule has 0 aliphatic heterocycles. The topological polar surface area (TPSA) is 18.5 Å². The molecule has 1 aliphatic rings. The van der Waals surface area contributed by atoms with Crippen molar-refractivity contribution in [2.45, 2.75) is 12.8 Å². The minimum absolute atomic E-state index is 0.368. The van der Waals surface area contributed by atoms with Crippen molar-refractivity contribution in [3.8, 4) is 31.0 Å². The number of thiophene rings is 3. The van der Waals surface area contributed by atoms with Gasteiger partial charge in [-0.25, -0.2) is 0 Å². The van der Waals surface area contributed by atoms with Crippen LogP contribution in [0.4, 0.5) is 0 Å². The Labute approximate surface area is 159 Å². The molecule has 0 spiro atoms. The third kappa shape index (κ3) is 3.08. The number of rotatable bonds is 5. The molecule has 3 aromatic heterocycles. The summed E-state index contributed by atoms with van der Waals surface area (Å²) in [5.74, 6) is 2.28. The lowest BCUT2D eigenvalue weighted by molar-refractivity contribution is 0.418. The molecule has 0 radical (unpaired) electrons. The summed E-state index contributed by atoms with van der Waals surface area (Å²) in [6.45, 7) is 2.11. The van der Waals surface area contributed by atoms with Gasteiger partial charge in [0.15, 0.2) is 0 Å². The Balaban J connectivity index is 1.72. The fraction of sp³-hybridized carbons (Fsp3) is 0.200. The molecule has 0 atom stereocenters. The summed E-state index contributed by atoms with van der Waals surface area (Å²) in [5, 5.41) is 0. The summed E-state index contributed by atoms with van der Waals surface area (Å²) in [6.07, 6.45) is 8.64. The van der Waals surface area contributed by atoms with E-state index in [0.29, 0.717) is 5.92 Å². The van der Waals surface area contributed by atoms with Crippen molar-refractivity contribution in [3.63, 3.8) is 0 Å². The third-order valence-corrected chi connectivity index (χ3v) is 7.80. The van der Waals surface area contributed by atoms with E-state index in [1.165, 1.54) is 29.3 Å². The number of hydrogen-bond donors (Lipinski definition) is 0. The van der Waals surface area contributed by atoms with Crippen molar-refractivity contribution in [2.75, 3.05) is 14.2 Å². The van der Waals surface area contributed by atoms with E-state index in [0.717, 1.165) is 11.5 Å². The molecule has 5 heteroatoms. The lowest BCUT2D eigenvalue weighted by atomic mass is 10.1. The fourth-order valence-corrected chi connectivity index (χ4v) is 6.30. The second kappa shape index (κ2) is 6.83. The van der Waals surface area contributed by atoms with Crippen molar-refractivity contribution in [1.82, 2.24) is 0 Å². The maximum Gasteiger partial charge on any atom is 0.138 e. The molecule has 2 nitrogen and oxygen atoms in total. The Hall–Kier alpha value is -1.82. The summed E-state index contributed by atoms with van der Waals surface area (Å²) in [6, 6.07) is 8.64. The highest BCUT2D eigenvalue weighted by Gasteiger charge is 2.19. The summed E-state index contributed by atoms with van der Waals surface area (Å²) < 4.78 is 11.2. The van der Waals surface area contributed by atoms with Crippen molar-refractivity contribution in [3.05, 3.63) is 58.3 Å². The van der Waals surface area contributed by atoms with Crippen molar-refractivity contribution >= 4 is 34.0 Å². The smallest absolute Gasteiger partial charge is 0.138 e. The summed E-state index contributed by atoms with van der Waals surface area (Å²) in [5.41, 5.74) is 0. The highest BCUT2D eigenvalue weighted by Crippen LogP contribution is 2.48. The molecule has 0 amide bonds. The van der Waals surface area contributed by atoms with Crippen LogP contribution in [0.15, 0.2) is 48.6 Å². The van der Waals surface area contributed by atoms with Crippen LogP contribution in [0.25, 0.3) is 19.5 Å². The van der Waals surface area contributed by atoms with Crippen LogP contribution in [0.1, 0.15) is 15.7 Å². The van der Waals surface area contributed by atoms with E-state index >= 15 is 0 Å². The zero-order valence-corrected chi connectivity index (χ0v) is 16.7. The molecule has 0 unspecified atom stereocenters. The van der Waals surface area contributed by atoms with Crippen LogP contribution >= 0.6 is 34.0 Å². The Morgan fingerprint density at radius 1 is 0.800 bits per heavy atom. The summed E-state index contributed by atoms with van der Waals surface area (Å²) in [4.78, 5) is 7.46. The van der Waals surface area contributed by atoms with E-state index in [1.54, 1.807) is 36.9 Å². The van der Waals surface area contributed by atoms with Crippen molar-refractivity contribution < 1.29 is 9.47 Å². The lowest BCUT2D eigenvalue weighted by Gasteiger charge is -2.00. The van der Waals surface area contributed by atoms with Gasteiger partial charge in [-0.05, 0) is 31.2 Å². The second-order valence-electron chi connectivity index (χ2n) is 5.76. The van der Waals surface area contributed by atoms with Crippen LogP contribution < -0.4 is 9.47 Å². The minimum atomic E-state index is 0.368. The molecule has 1 aliphatic carbocycles. The van der Waals surface area contributed by atoms with Gasteiger partial charge in [0.25, 0.3) is 0 Å². The highest BCUT2D eigenvalue weighted by atomic mass is 32.1. The van der Waals surface area contributed by atoms with Crippen LogP contribution in [0.3, 0.4) is 0 Å². The first kappa shape index (κ1) is 16.6. The molecule has 3 heterocycles. The van der Waals surface area contributed by atoms with Crippen LogP contribution in [0.2, 0.25) is 0 Å². The first-order valence-electron chi connectivity index (χ1n) is 7.97. The average Bonchev–Trinajstić information content (AvgIpc) is 3.37. The molecular weight excluding hydrogens is 368 g/mol. The monoisotopic (exact) mass is 386 g/mol. The average molecular weight is 387 g/mol. The molecule has 0 bridgehead atoms. The predicted molar refractivity (Wildman–Crippen MR) is 110 cm³/mol. The van der Waals surface area contributed by atoms with E-state index < -0.39 is 0 Å². The molecule has 0 saturated carbocycles. The molecule has 0 fully saturated rings. The first-order chi connectivity index (χ1) is 12.2. The van der Waals surface area contributed by atoms with E-state index in [1.807, 2.05) is 11.3 Å². The molecule has 0 aromatic carbocycles. The Bertz CT molecular complexity index is 944. The first-order valence-corrected chi connectivity index (χ1v) is 10.4. The highest BCUT2D eigenvalue weighted by molar-refractivity contribution is 7.26. The molecule has 4 rings (SSSR count). The number of ether oxygens (including phenoxy) is 2. The zero-order chi connectivity index (χ0) is 17.4. The number of aryl methyl sites for hydroxylation is 1. The van der Waals surface area contributed by atoms with E-state index in [2.05, 4.69) is 55.5 Å². The van der Waals surface area contributed by atoms with Crippen LogP contribution in [0.5, 0.6) is 11.5 Å². The fourth-order valence-electron chi connectivity index (χ4n) is 2.90. The quantitative estimate of drug-likeness (QED) is 0.483. The van der Waals surface area contributed by atoms with Crippen molar-refractivity contribution in [1.29, 1.82) is 0 Å². The number of allylic oxidation sites excluding steroid dienone is 4. The summed E-state index contributed by atoms with van der Waals surface area (Å²) >= 11 is 5.38. The molecule has 3 aromatic rings. The van der Waals surface area contributed by atoms with Gasteiger partial charge in [0.1, 0.15) is 11.5 Å². The van der Waals surface area contributed by atoms with E-state index in [4.69, 9.17) is 9.47 Å². The van der Waals surface area contributed by atoms with Gasteiger partial charge in [-0.15, -0.1) is 34.0 Å². The molecule has 128 valence electrons. The molecule has 0 saturated heterocycles. The maximum atomic E-state index is 5.65. The van der Waals surface area contributed by atoms with E-state index in [-0.39, 0.29) is 0 Å². The molecule has 0 N–H and O–H groups in total. The van der Waals surface area contributed by atoms with E-state index in [9.17, 15) is 0 Å². The Kier molecular flexibility index (Phi) is 4.54. The minimum Gasteiger partial charge on any atom is -0.495 e. The maximum absolute atomic E-state index is 5.65. The van der Waals surface area contributed by atoms with Gasteiger partial charge in [0.2, 0.25) is 0 Å². The lowest BCUT2D eigenvalue weighted by Crippen LogP contribution is -1.83. The second-order valence-corrected chi connectivity index (χ2v) is 9.18. The third-order valence-electron chi connectivity index (χ3n) is 4.11. The standard InChI is InChI=1S/C20H18O2S3/c1-12-10-14(21-2)19(23-12)16-8-9-17(24-16)20-15(22-3)11-18(25-20)13-6-4-5-7-13/h4-11,13H,1-3H3. The van der Waals surface area contributed by atoms with Gasteiger partial charge >= 0.3 is 0 Å². The van der Waals surface area contributed by atoms with Gasteiger partial charge < -0.3 is 9.47 Å². The zero-order valence-electron chi connectivity index (χ0n) is 14.2.